The van der Waals surface area contributed by atoms with Crippen LogP contribution in [0.1, 0.15) is 30.1 Å². The van der Waals surface area contributed by atoms with E-state index in [1.54, 1.807) is 0 Å². The highest BCUT2D eigenvalue weighted by atomic mass is 19.4. The lowest BCUT2D eigenvalue weighted by atomic mass is 10.0. The number of halogens is 5. The van der Waals surface area contributed by atoms with Crippen molar-refractivity contribution in [3.8, 4) is 0 Å². The molecule has 1 aliphatic heterocycles. The maximum atomic E-state index is 13.1. The smallest absolute Gasteiger partial charge is 0.394 e. The minimum Gasteiger partial charge on any atom is -0.394 e. The molecule has 0 aromatic heterocycles. The van der Waals surface area contributed by atoms with Crippen molar-refractivity contribution in [2.75, 3.05) is 6.61 Å². The van der Waals surface area contributed by atoms with Gasteiger partial charge >= 0.3 is 12.1 Å². The first-order chi connectivity index (χ1) is 9.25. The highest BCUT2D eigenvalue weighted by molar-refractivity contribution is 5.28. The molecule has 1 heterocycles. The summed E-state index contributed by atoms with van der Waals surface area (Å²) in [5, 5.41) is 8.92. The molecule has 1 N–H and O–H groups in total. The van der Waals surface area contributed by atoms with Gasteiger partial charge in [0.2, 0.25) is 0 Å². The molecule has 0 saturated carbocycles. The van der Waals surface area contributed by atoms with Gasteiger partial charge in [0.15, 0.2) is 0 Å². The number of aliphatic hydroxyl groups excluding tert-OH is 1. The molecule has 2 rings (SSSR count). The second-order valence-electron chi connectivity index (χ2n) is 4.70. The largest absolute Gasteiger partial charge is 0.458 e. The monoisotopic (exact) mass is 296 g/mol. The molecule has 2 nitrogen and oxygen atoms in total. The standard InChI is InChI=1S/C13H13F5O2/c14-12(15,13(16,17)18)9-3-1-8(2-4-9)11-6-5-10(7-19)20-11/h1-4,10-11,19H,5-7H2/t10-,11+/m0/s1. The van der Waals surface area contributed by atoms with E-state index < -0.39 is 17.7 Å². The van der Waals surface area contributed by atoms with Gasteiger partial charge in [0.25, 0.3) is 0 Å². The number of hydrogen-bond acceptors (Lipinski definition) is 2. The molecule has 2 atom stereocenters. The number of rotatable bonds is 3. The third-order valence-electron chi connectivity index (χ3n) is 3.31. The van der Waals surface area contributed by atoms with Crippen molar-refractivity contribution in [2.45, 2.75) is 37.1 Å². The van der Waals surface area contributed by atoms with Gasteiger partial charge in [-0.3, -0.25) is 0 Å². The van der Waals surface area contributed by atoms with E-state index in [-0.39, 0.29) is 18.8 Å². The summed E-state index contributed by atoms with van der Waals surface area (Å²) >= 11 is 0. The Labute approximate surface area is 112 Å². The van der Waals surface area contributed by atoms with Crippen LogP contribution in [-0.2, 0) is 10.7 Å². The van der Waals surface area contributed by atoms with Gasteiger partial charge in [-0.2, -0.15) is 22.0 Å². The van der Waals surface area contributed by atoms with Crippen molar-refractivity contribution in [2.24, 2.45) is 0 Å². The van der Waals surface area contributed by atoms with Crippen LogP contribution in [0.3, 0.4) is 0 Å². The Morgan fingerprint density at radius 1 is 1.05 bits per heavy atom. The maximum absolute atomic E-state index is 13.1. The molecule has 0 unspecified atom stereocenters. The lowest BCUT2D eigenvalue weighted by Gasteiger charge is -2.20. The average Bonchev–Trinajstić information content (AvgIpc) is 2.86. The number of aliphatic hydroxyl groups is 1. The van der Waals surface area contributed by atoms with Gasteiger partial charge in [0.1, 0.15) is 0 Å². The number of ether oxygens (including phenoxy) is 1. The lowest BCUT2D eigenvalue weighted by Crippen LogP contribution is -2.33. The van der Waals surface area contributed by atoms with Crippen LogP contribution >= 0.6 is 0 Å². The van der Waals surface area contributed by atoms with Crippen LogP contribution in [0.25, 0.3) is 0 Å². The van der Waals surface area contributed by atoms with Crippen molar-refractivity contribution in [1.29, 1.82) is 0 Å². The Bertz CT molecular complexity index is 455. The molecule has 1 aromatic rings. The Hall–Kier alpha value is -1.21. The van der Waals surface area contributed by atoms with E-state index in [2.05, 4.69) is 0 Å². The average molecular weight is 296 g/mol. The van der Waals surface area contributed by atoms with Gasteiger partial charge in [-0.15, -0.1) is 0 Å². The number of alkyl halides is 5. The van der Waals surface area contributed by atoms with E-state index in [9.17, 15) is 22.0 Å². The van der Waals surface area contributed by atoms with E-state index in [0.717, 1.165) is 12.1 Å². The van der Waals surface area contributed by atoms with Crippen molar-refractivity contribution in [3.63, 3.8) is 0 Å². The van der Waals surface area contributed by atoms with Gasteiger partial charge in [-0.1, -0.05) is 24.3 Å². The molecule has 0 spiro atoms. The summed E-state index contributed by atoms with van der Waals surface area (Å²) < 4.78 is 68.3. The van der Waals surface area contributed by atoms with Gasteiger partial charge in [0.05, 0.1) is 18.8 Å². The van der Waals surface area contributed by atoms with Crippen LogP contribution in [-0.4, -0.2) is 24.0 Å². The van der Waals surface area contributed by atoms with Crippen LogP contribution in [0.5, 0.6) is 0 Å². The Morgan fingerprint density at radius 3 is 2.10 bits per heavy atom. The quantitative estimate of drug-likeness (QED) is 0.864. The summed E-state index contributed by atoms with van der Waals surface area (Å²) in [6.07, 6.45) is -5.07. The SMILES string of the molecule is OC[C@@H]1CC[C@H](c2ccc(C(F)(F)C(F)(F)F)cc2)O1. The van der Waals surface area contributed by atoms with Crippen LogP contribution in [0.2, 0.25) is 0 Å². The zero-order chi connectivity index (χ0) is 15.0. The highest BCUT2D eigenvalue weighted by Gasteiger charge is 2.58. The van der Waals surface area contributed by atoms with Gasteiger partial charge < -0.3 is 9.84 Å². The topological polar surface area (TPSA) is 29.5 Å². The maximum Gasteiger partial charge on any atom is 0.458 e. The van der Waals surface area contributed by atoms with Crippen LogP contribution in [0.15, 0.2) is 24.3 Å². The van der Waals surface area contributed by atoms with Gasteiger partial charge in [0, 0.05) is 5.56 Å². The molecule has 1 aromatic carbocycles. The summed E-state index contributed by atoms with van der Waals surface area (Å²) in [4.78, 5) is 0. The molecular formula is C13H13F5O2. The molecule has 0 aliphatic carbocycles. The van der Waals surface area contributed by atoms with Crippen LogP contribution in [0.4, 0.5) is 22.0 Å². The molecule has 0 amide bonds. The molecule has 0 radical (unpaired) electrons. The van der Waals surface area contributed by atoms with Crippen LogP contribution < -0.4 is 0 Å². The van der Waals surface area contributed by atoms with Crippen molar-refractivity contribution in [3.05, 3.63) is 35.4 Å². The van der Waals surface area contributed by atoms with E-state index in [1.807, 2.05) is 0 Å². The fourth-order valence-corrected chi connectivity index (χ4v) is 2.16. The van der Waals surface area contributed by atoms with Crippen molar-refractivity contribution < 1.29 is 31.8 Å². The Kier molecular flexibility index (Phi) is 4.02. The third kappa shape index (κ3) is 2.78. The molecule has 112 valence electrons. The van der Waals surface area contributed by atoms with E-state index >= 15 is 0 Å². The molecular weight excluding hydrogens is 283 g/mol. The minimum absolute atomic E-state index is 0.138. The molecule has 1 fully saturated rings. The first-order valence-electron chi connectivity index (χ1n) is 6.07. The molecule has 1 aliphatic rings. The Balaban J connectivity index is 2.15. The summed E-state index contributed by atoms with van der Waals surface area (Å²) in [7, 11) is 0. The van der Waals surface area contributed by atoms with Crippen molar-refractivity contribution in [1.82, 2.24) is 0 Å². The number of benzene rings is 1. The van der Waals surface area contributed by atoms with Crippen LogP contribution in [0, 0.1) is 0 Å². The summed E-state index contributed by atoms with van der Waals surface area (Å²) in [5.41, 5.74) is -0.562. The van der Waals surface area contributed by atoms with Gasteiger partial charge in [-0.05, 0) is 18.4 Å². The first kappa shape index (κ1) is 15.2. The predicted molar refractivity (Wildman–Crippen MR) is 60.3 cm³/mol. The van der Waals surface area contributed by atoms with E-state index in [0.29, 0.717) is 18.4 Å². The molecule has 1 saturated heterocycles. The minimum atomic E-state index is -5.61. The first-order valence-corrected chi connectivity index (χ1v) is 6.07. The summed E-state index contributed by atoms with van der Waals surface area (Å²) in [6, 6.07) is 3.94. The highest BCUT2D eigenvalue weighted by Crippen LogP contribution is 2.44. The summed E-state index contributed by atoms with van der Waals surface area (Å²) in [6.45, 7) is -0.138. The van der Waals surface area contributed by atoms with E-state index in [1.165, 1.54) is 12.1 Å². The molecule has 7 heteroatoms. The Morgan fingerprint density at radius 2 is 1.65 bits per heavy atom. The normalized spacial score (nSPS) is 24.1. The van der Waals surface area contributed by atoms with E-state index in [4.69, 9.17) is 9.84 Å². The third-order valence-corrected chi connectivity index (χ3v) is 3.31. The fourth-order valence-electron chi connectivity index (χ4n) is 2.16. The zero-order valence-electron chi connectivity index (χ0n) is 10.3. The number of hydrogen-bond donors (Lipinski definition) is 1. The van der Waals surface area contributed by atoms with Crippen molar-refractivity contribution >= 4 is 0 Å². The zero-order valence-corrected chi connectivity index (χ0v) is 10.3. The fraction of sp³-hybridized carbons (Fsp3) is 0.538. The lowest BCUT2D eigenvalue weighted by molar-refractivity contribution is -0.289. The second kappa shape index (κ2) is 5.29. The summed E-state index contributed by atoms with van der Waals surface area (Å²) in [5.74, 6) is -4.87. The van der Waals surface area contributed by atoms with Gasteiger partial charge in [-0.25, -0.2) is 0 Å². The molecule has 20 heavy (non-hydrogen) atoms. The second-order valence-corrected chi connectivity index (χ2v) is 4.70. The predicted octanol–water partition coefficient (Wildman–Crippen LogP) is 3.55. The molecule has 0 bridgehead atoms.